The number of halogens is 1. The van der Waals surface area contributed by atoms with Crippen molar-refractivity contribution in [3.8, 4) is 0 Å². The van der Waals surface area contributed by atoms with Crippen LogP contribution in [0.25, 0.3) is 0 Å². The van der Waals surface area contributed by atoms with Crippen molar-refractivity contribution >= 4 is 51.3 Å². The van der Waals surface area contributed by atoms with E-state index in [4.69, 9.17) is 0 Å². The van der Waals surface area contributed by atoms with Crippen molar-refractivity contribution in [1.82, 2.24) is 20.3 Å². The van der Waals surface area contributed by atoms with Gasteiger partial charge in [-0.1, -0.05) is 36.4 Å². The van der Waals surface area contributed by atoms with E-state index >= 15 is 0 Å². The number of nitrogens with one attached hydrogen (secondary N) is 3. The minimum absolute atomic E-state index is 0. The first-order valence-corrected chi connectivity index (χ1v) is 12.7. The van der Waals surface area contributed by atoms with Crippen LogP contribution in [0.3, 0.4) is 0 Å². The summed E-state index contributed by atoms with van der Waals surface area (Å²) in [5, 5.41) is 8.42. The summed E-state index contributed by atoms with van der Waals surface area (Å²) in [4.78, 5) is 6.79. The van der Waals surface area contributed by atoms with Crippen LogP contribution in [0.1, 0.15) is 31.4 Å². The maximum Gasteiger partial charge on any atom is 0.250 e. The molecule has 172 valence electrons. The molecule has 7 nitrogen and oxygen atoms in total. The summed E-state index contributed by atoms with van der Waals surface area (Å²) >= 11 is 1.21. The van der Waals surface area contributed by atoms with E-state index in [9.17, 15) is 8.42 Å². The summed E-state index contributed by atoms with van der Waals surface area (Å²) in [5.74, 6) is 0.708. The Morgan fingerprint density at radius 2 is 1.87 bits per heavy atom. The Balaban J connectivity index is 0.00000341. The largest absolute Gasteiger partial charge is 0.355 e. The molecule has 3 N–H and O–H groups in total. The van der Waals surface area contributed by atoms with Crippen LogP contribution in [0.15, 0.2) is 57.0 Å². The van der Waals surface area contributed by atoms with Crippen molar-refractivity contribution < 1.29 is 8.42 Å². The van der Waals surface area contributed by atoms with Crippen LogP contribution in [0.5, 0.6) is 0 Å². The van der Waals surface area contributed by atoms with Gasteiger partial charge in [-0.25, -0.2) is 13.1 Å². The zero-order valence-electron chi connectivity index (χ0n) is 18.0. The Bertz CT molecular complexity index is 899. The molecule has 1 saturated heterocycles. The van der Waals surface area contributed by atoms with E-state index in [1.165, 1.54) is 16.9 Å². The molecular formula is C21H32IN5O2S2. The van der Waals surface area contributed by atoms with Gasteiger partial charge in [-0.2, -0.15) is 0 Å². The molecule has 1 fully saturated rings. The van der Waals surface area contributed by atoms with Gasteiger partial charge in [0.25, 0.3) is 0 Å². The Morgan fingerprint density at radius 1 is 1.16 bits per heavy atom. The zero-order valence-corrected chi connectivity index (χ0v) is 21.9. The summed E-state index contributed by atoms with van der Waals surface area (Å²) in [6, 6.07) is 14.7. The van der Waals surface area contributed by atoms with E-state index < -0.39 is 10.0 Å². The number of hydrogen-bond donors (Lipinski definition) is 3. The lowest BCUT2D eigenvalue weighted by Crippen LogP contribution is -2.50. The number of sulfonamides is 1. The lowest BCUT2D eigenvalue weighted by molar-refractivity contribution is 0.158. The summed E-state index contributed by atoms with van der Waals surface area (Å²) in [5.41, 5.74) is 1.35. The first-order valence-electron chi connectivity index (χ1n) is 10.3. The second-order valence-corrected chi connectivity index (χ2v) is 10.3. The van der Waals surface area contributed by atoms with E-state index in [-0.39, 0.29) is 24.0 Å². The molecule has 1 unspecified atom stereocenters. The van der Waals surface area contributed by atoms with Gasteiger partial charge in [0.05, 0.1) is 0 Å². The average molecular weight is 578 g/mol. The Kier molecular flexibility index (Phi) is 10.7. The van der Waals surface area contributed by atoms with Crippen LogP contribution >= 0.6 is 35.3 Å². The first-order chi connectivity index (χ1) is 14.5. The van der Waals surface area contributed by atoms with Crippen LogP contribution in [-0.2, 0) is 10.0 Å². The molecule has 1 aliphatic rings. The number of thiophene rings is 1. The number of nitrogens with zero attached hydrogens (tertiary/aromatic N) is 2. The molecule has 1 atom stereocenters. The quantitative estimate of drug-likeness (QED) is 0.195. The van der Waals surface area contributed by atoms with Crippen LogP contribution in [-0.4, -0.2) is 58.5 Å². The topological polar surface area (TPSA) is 85.8 Å². The molecule has 2 aromatic rings. The van der Waals surface area contributed by atoms with Crippen molar-refractivity contribution in [2.45, 2.75) is 36.1 Å². The predicted molar refractivity (Wildman–Crippen MR) is 139 cm³/mol. The first kappa shape index (κ1) is 26.0. The van der Waals surface area contributed by atoms with Crippen molar-refractivity contribution in [3.05, 3.63) is 53.4 Å². The van der Waals surface area contributed by atoms with E-state index in [1.54, 1.807) is 24.6 Å². The maximum absolute atomic E-state index is 12.1. The lowest BCUT2D eigenvalue weighted by Gasteiger charge is -2.37. The van der Waals surface area contributed by atoms with Crippen LogP contribution in [0.4, 0.5) is 0 Å². The normalized spacial score (nSPS) is 17.0. The van der Waals surface area contributed by atoms with Gasteiger partial charge in [0.2, 0.25) is 10.0 Å². The molecule has 10 heteroatoms. The molecule has 1 aromatic heterocycles. The number of piperidine rings is 1. The monoisotopic (exact) mass is 577 g/mol. The summed E-state index contributed by atoms with van der Waals surface area (Å²) in [6.07, 6.45) is 2.09. The highest BCUT2D eigenvalue weighted by atomic mass is 127. The third kappa shape index (κ3) is 7.70. The van der Waals surface area contributed by atoms with Crippen molar-refractivity contribution in [1.29, 1.82) is 0 Å². The molecule has 0 bridgehead atoms. The third-order valence-electron chi connectivity index (χ3n) is 5.39. The fourth-order valence-electron chi connectivity index (χ4n) is 3.62. The number of likely N-dealkylation sites (tertiary alicyclic amines) is 1. The second-order valence-electron chi connectivity index (χ2n) is 7.37. The fourth-order valence-corrected chi connectivity index (χ4v) is 5.68. The molecule has 0 radical (unpaired) electrons. The number of aliphatic imine (C=N–C) groups is 1. The number of guanidine groups is 1. The molecule has 2 heterocycles. The van der Waals surface area contributed by atoms with Crippen LogP contribution in [0.2, 0.25) is 0 Å². The van der Waals surface area contributed by atoms with E-state index in [1.807, 2.05) is 0 Å². The standard InChI is InChI=1S/C21H31N5O2S2.HI/c1-17(18-7-4-3-5-8-18)26-14-10-19(11-15-26)25-21(22-2)23-12-13-24-30(27,28)20-9-6-16-29-20;/h3-9,16-17,19,24H,10-15H2,1-2H3,(H2,22,23,25);1H. The Labute approximate surface area is 206 Å². The molecule has 0 spiro atoms. The predicted octanol–water partition coefficient (Wildman–Crippen LogP) is 3.04. The molecule has 3 rings (SSSR count). The summed E-state index contributed by atoms with van der Waals surface area (Å²) in [6.45, 7) is 5.10. The van der Waals surface area contributed by atoms with Crippen molar-refractivity contribution in [3.63, 3.8) is 0 Å². The van der Waals surface area contributed by atoms with Crippen molar-refractivity contribution in [2.24, 2.45) is 4.99 Å². The van der Waals surface area contributed by atoms with E-state index in [0.717, 1.165) is 25.9 Å². The maximum atomic E-state index is 12.1. The molecule has 1 aliphatic heterocycles. The number of benzene rings is 1. The van der Waals surface area contributed by atoms with Gasteiger partial charge in [-0.3, -0.25) is 9.89 Å². The van der Waals surface area contributed by atoms with Gasteiger partial charge in [-0.05, 0) is 36.8 Å². The lowest BCUT2D eigenvalue weighted by atomic mass is 10.0. The second kappa shape index (κ2) is 12.7. The molecule has 0 amide bonds. The van der Waals surface area contributed by atoms with Crippen LogP contribution < -0.4 is 15.4 Å². The number of hydrogen-bond acceptors (Lipinski definition) is 5. The third-order valence-corrected chi connectivity index (χ3v) is 8.25. The summed E-state index contributed by atoms with van der Waals surface area (Å²) in [7, 11) is -1.69. The summed E-state index contributed by atoms with van der Waals surface area (Å²) < 4.78 is 27.2. The highest BCUT2D eigenvalue weighted by molar-refractivity contribution is 14.0. The van der Waals surface area contributed by atoms with Crippen molar-refractivity contribution in [2.75, 3.05) is 33.2 Å². The number of rotatable bonds is 8. The molecule has 31 heavy (non-hydrogen) atoms. The fraction of sp³-hybridized carbons (Fsp3) is 0.476. The SMILES string of the molecule is CN=C(NCCNS(=O)(=O)c1cccs1)NC1CCN(C(C)c2ccccc2)CC1.I. The van der Waals surface area contributed by atoms with E-state index in [2.05, 4.69) is 62.5 Å². The van der Waals surface area contributed by atoms with Gasteiger partial charge < -0.3 is 10.6 Å². The minimum atomic E-state index is -3.42. The average Bonchev–Trinajstić information content (AvgIpc) is 3.32. The molecule has 1 aromatic carbocycles. The van der Waals surface area contributed by atoms with Gasteiger partial charge >= 0.3 is 0 Å². The van der Waals surface area contributed by atoms with Gasteiger partial charge in [-0.15, -0.1) is 35.3 Å². The smallest absolute Gasteiger partial charge is 0.250 e. The van der Waals surface area contributed by atoms with Crippen LogP contribution in [0, 0.1) is 0 Å². The highest BCUT2D eigenvalue weighted by Crippen LogP contribution is 2.24. The molecule has 0 aliphatic carbocycles. The van der Waals surface area contributed by atoms with E-state index in [0.29, 0.717) is 35.3 Å². The molecular weight excluding hydrogens is 545 g/mol. The van der Waals surface area contributed by atoms with Gasteiger partial charge in [0.1, 0.15) is 4.21 Å². The Hall–Kier alpha value is -1.21. The zero-order chi connectivity index (χ0) is 21.4. The highest BCUT2D eigenvalue weighted by Gasteiger charge is 2.24. The van der Waals surface area contributed by atoms with Gasteiger partial charge in [0, 0.05) is 45.3 Å². The Morgan fingerprint density at radius 3 is 2.48 bits per heavy atom. The van der Waals surface area contributed by atoms with Gasteiger partial charge in [0.15, 0.2) is 5.96 Å². The minimum Gasteiger partial charge on any atom is -0.355 e. The molecule has 0 saturated carbocycles.